The van der Waals surface area contributed by atoms with Crippen LogP contribution in [-0.4, -0.2) is 11.9 Å². The molecule has 90 valence electrons. The van der Waals surface area contributed by atoms with Gasteiger partial charge < -0.3 is 11.1 Å². The lowest BCUT2D eigenvalue weighted by Gasteiger charge is -2.16. The normalized spacial score (nSPS) is 13.5. The molecule has 16 heavy (non-hydrogen) atoms. The summed E-state index contributed by atoms with van der Waals surface area (Å²) < 4.78 is 0. The minimum atomic E-state index is -0.505. The Bertz CT molecular complexity index is 356. The number of amides is 1. The van der Waals surface area contributed by atoms with E-state index in [1.807, 2.05) is 25.1 Å². The Kier molecular flexibility index (Phi) is 6.41. The molecule has 5 heteroatoms. The topological polar surface area (TPSA) is 55.1 Å². The van der Waals surface area contributed by atoms with Gasteiger partial charge in [-0.05, 0) is 25.5 Å². The Balaban J connectivity index is 0.00000225. The van der Waals surface area contributed by atoms with Crippen LogP contribution in [-0.2, 0) is 4.79 Å². The van der Waals surface area contributed by atoms with Crippen LogP contribution >= 0.6 is 24.0 Å². The van der Waals surface area contributed by atoms with Crippen LogP contribution in [0.25, 0.3) is 0 Å². The molecule has 0 saturated heterocycles. The molecule has 1 unspecified atom stereocenters. The lowest BCUT2D eigenvalue weighted by Crippen LogP contribution is -2.39. The summed E-state index contributed by atoms with van der Waals surface area (Å²) >= 11 is 6.00. The van der Waals surface area contributed by atoms with Crippen molar-refractivity contribution in [2.75, 3.05) is 0 Å². The molecule has 0 spiro atoms. The lowest BCUT2D eigenvalue weighted by molar-refractivity contribution is -0.122. The summed E-state index contributed by atoms with van der Waals surface area (Å²) in [4.78, 5) is 11.4. The highest BCUT2D eigenvalue weighted by atomic mass is 35.5. The zero-order chi connectivity index (χ0) is 11.4. The molecular formula is C11H16Cl2N2O. The molecule has 1 amide bonds. The van der Waals surface area contributed by atoms with Gasteiger partial charge in [-0.1, -0.05) is 29.8 Å². The van der Waals surface area contributed by atoms with Gasteiger partial charge in [0.25, 0.3) is 0 Å². The second-order valence-corrected chi connectivity index (χ2v) is 3.95. The van der Waals surface area contributed by atoms with Gasteiger partial charge in [0, 0.05) is 5.02 Å². The van der Waals surface area contributed by atoms with Gasteiger partial charge >= 0.3 is 0 Å². The Morgan fingerprint density at radius 2 is 1.94 bits per heavy atom. The molecule has 0 bridgehead atoms. The third-order valence-electron chi connectivity index (χ3n) is 2.14. The second kappa shape index (κ2) is 6.74. The molecule has 0 fully saturated rings. The van der Waals surface area contributed by atoms with Crippen LogP contribution in [0.3, 0.4) is 0 Å². The van der Waals surface area contributed by atoms with Gasteiger partial charge in [0.1, 0.15) is 0 Å². The van der Waals surface area contributed by atoms with Crippen LogP contribution in [0, 0.1) is 0 Å². The van der Waals surface area contributed by atoms with Gasteiger partial charge in [-0.15, -0.1) is 12.4 Å². The van der Waals surface area contributed by atoms with Gasteiger partial charge in [-0.2, -0.15) is 0 Å². The van der Waals surface area contributed by atoms with Crippen molar-refractivity contribution in [3.05, 3.63) is 34.9 Å². The molecule has 1 aromatic carbocycles. The number of carbonyl (C=O) groups excluding carboxylic acids is 1. The first-order chi connectivity index (χ1) is 7.02. The van der Waals surface area contributed by atoms with E-state index in [-0.39, 0.29) is 24.4 Å². The summed E-state index contributed by atoms with van der Waals surface area (Å²) in [6, 6.07) is 6.79. The van der Waals surface area contributed by atoms with Crippen molar-refractivity contribution in [3.8, 4) is 0 Å². The monoisotopic (exact) mass is 262 g/mol. The highest BCUT2D eigenvalue weighted by Crippen LogP contribution is 2.21. The first-order valence-electron chi connectivity index (χ1n) is 4.82. The van der Waals surface area contributed by atoms with E-state index in [0.717, 1.165) is 5.56 Å². The van der Waals surface area contributed by atoms with E-state index in [2.05, 4.69) is 5.32 Å². The highest BCUT2D eigenvalue weighted by molar-refractivity contribution is 6.31. The molecule has 0 aliphatic carbocycles. The standard InChI is InChI=1S/C11H15ClN2O.ClH/c1-7(13)11(15)14-8(2)9-5-3-4-6-10(9)12;/h3-8H,13H2,1-2H3,(H,14,15);1H/t7-,8?;/m1./s1. The van der Waals surface area contributed by atoms with E-state index in [4.69, 9.17) is 17.3 Å². The number of nitrogens with one attached hydrogen (secondary N) is 1. The second-order valence-electron chi connectivity index (χ2n) is 3.54. The van der Waals surface area contributed by atoms with Crippen LogP contribution in [0.15, 0.2) is 24.3 Å². The van der Waals surface area contributed by atoms with Gasteiger partial charge in [-0.25, -0.2) is 0 Å². The summed E-state index contributed by atoms with van der Waals surface area (Å²) in [7, 11) is 0. The molecule has 2 atom stereocenters. The summed E-state index contributed by atoms with van der Waals surface area (Å²) in [5.74, 6) is -0.178. The highest BCUT2D eigenvalue weighted by Gasteiger charge is 2.14. The van der Waals surface area contributed by atoms with Crippen LogP contribution in [0.4, 0.5) is 0 Å². The zero-order valence-corrected chi connectivity index (χ0v) is 10.8. The van der Waals surface area contributed by atoms with Crippen LogP contribution in [0.1, 0.15) is 25.5 Å². The minimum absolute atomic E-state index is 0. The molecule has 0 radical (unpaired) electrons. The van der Waals surface area contributed by atoms with Crippen molar-refractivity contribution in [2.24, 2.45) is 5.73 Å². The van der Waals surface area contributed by atoms with E-state index in [0.29, 0.717) is 5.02 Å². The number of carbonyl (C=O) groups is 1. The van der Waals surface area contributed by atoms with Crippen molar-refractivity contribution in [1.82, 2.24) is 5.32 Å². The predicted octanol–water partition coefficient (Wildman–Crippen LogP) is 2.29. The molecule has 0 heterocycles. The summed E-state index contributed by atoms with van der Waals surface area (Å²) in [5, 5.41) is 3.44. The average Bonchev–Trinajstić information content (AvgIpc) is 2.18. The average molecular weight is 263 g/mol. The molecule has 1 rings (SSSR count). The van der Waals surface area contributed by atoms with Crippen LogP contribution in [0.2, 0.25) is 5.02 Å². The van der Waals surface area contributed by atoms with E-state index < -0.39 is 6.04 Å². The smallest absolute Gasteiger partial charge is 0.237 e. The zero-order valence-electron chi connectivity index (χ0n) is 9.24. The third-order valence-corrected chi connectivity index (χ3v) is 2.49. The Morgan fingerprint density at radius 1 is 1.38 bits per heavy atom. The summed E-state index contributed by atoms with van der Waals surface area (Å²) in [6.07, 6.45) is 0. The van der Waals surface area contributed by atoms with Gasteiger partial charge in [-0.3, -0.25) is 4.79 Å². The number of hydrogen-bond acceptors (Lipinski definition) is 2. The number of halogens is 2. The Hall–Kier alpha value is -0.770. The maximum Gasteiger partial charge on any atom is 0.237 e. The number of rotatable bonds is 3. The molecule has 0 saturated carbocycles. The number of hydrogen-bond donors (Lipinski definition) is 2. The maximum absolute atomic E-state index is 11.4. The number of nitrogens with two attached hydrogens (primary N) is 1. The van der Waals surface area contributed by atoms with Crippen molar-refractivity contribution in [3.63, 3.8) is 0 Å². The molecule has 0 aromatic heterocycles. The van der Waals surface area contributed by atoms with Crippen LogP contribution < -0.4 is 11.1 Å². The quantitative estimate of drug-likeness (QED) is 0.879. The predicted molar refractivity (Wildman–Crippen MR) is 68.9 cm³/mol. The van der Waals surface area contributed by atoms with Crippen molar-refractivity contribution < 1.29 is 4.79 Å². The van der Waals surface area contributed by atoms with E-state index in [9.17, 15) is 4.79 Å². The largest absolute Gasteiger partial charge is 0.348 e. The molecular weight excluding hydrogens is 247 g/mol. The molecule has 1 aromatic rings. The SMILES string of the molecule is CC(NC(=O)[C@@H](C)N)c1ccccc1Cl.Cl. The van der Waals surface area contributed by atoms with Crippen molar-refractivity contribution in [1.29, 1.82) is 0 Å². The lowest BCUT2D eigenvalue weighted by atomic mass is 10.1. The van der Waals surface area contributed by atoms with Gasteiger partial charge in [0.05, 0.1) is 12.1 Å². The molecule has 0 aliphatic rings. The fraction of sp³-hybridized carbons (Fsp3) is 0.364. The molecule has 3 N–H and O–H groups in total. The molecule has 0 aliphatic heterocycles. The fourth-order valence-electron chi connectivity index (χ4n) is 1.25. The van der Waals surface area contributed by atoms with Gasteiger partial charge in [0.15, 0.2) is 0 Å². The summed E-state index contributed by atoms with van der Waals surface area (Å²) in [5.41, 5.74) is 6.35. The van der Waals surface area contributed by atoms with E-state index >= 15 is 0 Å². The third kappa shape index (κ3) is 4.00. The van der Waals surface area contributed by atoms with E-state index in [1.165, 1.54) is 0 Å². The van der Waals surface area contributed by atoms with E-state index in [1.54, 1.807) is 13.0 Å². The molecule has 3 nitrogen and oxygen atoms in total. The first-order valence-corrected chi connectivity index (χ1v) is 5.20. The Morgan fingerprint density at radius 3 is 2.44 bits per heavy atom. The summed E-state index contributed by atoms with van der Waals surface area (Å²) in [6.45, 7) is 3.52. The van der Waals surface area contributed by atoms with Crippen molar-refractivity contribution in [2.45, 2.75) is 25.9 Å². The minimum Gasteiger partial charge on any atom is -0.348 e. The van der Waals surface area contributed by atoms with Crippen molar-refractivity contribution >= 4 is 29.9 Å². The first kappa shape index (κ1) is 15.2. The number of benzene rings is 1. The maximum atomic E-state index is 11.4. The van der Waals surface area contributed by atoms with Crippen LogP contribution in [0.5, 0.6) is 0 Å². The Labute approximate surface area is 107 Å². The van der Waals surface area contributed by atoms with Gasteiger partial charge in [0.2, 0.25) is 5.91 Å². The fourth-order valence-corrected chi connectivity index (χ4v) is 1.55.